The first kappa shape index (κ1) is 13.3. The number of halogens is 1. The lowest BCUT2D eigenvalue weighted by atomic mass is 10.1. The first-order chi connectivity index (χ1) is 8.60. The van der Waals surface area contributed by atoms with Gasteiger partial charge < -0.3 is 15.5 Å². The second kappa shape index (κ2) is 5.67. The number of hydrogen-bond donors (Lipinski definition) is 1. The fourth-order valence-electron chi connectivity index (χ4n) is 2.67. The Labute approximate surface area is 108 Å². The van der Waals surface area contributed by atoms with Crippen molar-refractivity contribution >= 4 is 5.69 Å². The van der Waals surface area contributed by atoms with Gasteiger partial charge in [0.25, 0.3) is 0 Å². The molecule has 100 valence electrons. The molecule has 1 aliphatic rings. The van der Waals surface area contributed by atoms with E-state index in [1.54, 1.807) is 6.07 Å². The molecule has 1 saturated heterocycles. The maximum absolute atomic E-state index is 13.6. The van der Waals surface area contributed by atoms with Crippen LogP contribution in [0.5, 0.6) is 0 Å². The standard InChI is InChI=1S/C14H22FN3/c1-11-10-17(2)4-3-5-18(11)14-7-12(9-16)6-13(15)8-14/h6-8,11H,3-5,9-10,16H2,1-2H3. The van der Waals surface area contributed by atoms with Crippen molar-refractivity contribution in [3.8, 4) is 0 Å². The normalized spacial score (nSPS) is 22.0. The molecule has 1 aliphatic heterocycles. The summed E-state index contributed by atoms with van der Waals surface area (Å²) in [6.45, 7) is 5.65. The van der Waals surface area contributed by atoms with Gasteiger partial charge in [-0.25, -0.2) is 4.39 Å². The Kier molecular flexibility index (Phi) is 4.19. The molecular weight excluding hydrogens is 229 g/mol. The predicted octanol–water partition coefficient (Wildman–Crippen LogP) is 1.81. The molecule has 0 radical (unpaired) electrons. The number of rotatable bonds is 2. The predicted molar refractivity (Wildman–Crippen MR) is 73.2 cm³/mol. The lowest BCUT2D eigenvalue weighted by Crippen LogP contribution is -2.38. The van der Waals surface area contributed by atoms with Gasteiger partial charge in [-0.15, -0.1) is 0 Å². The molecule has 4 heteroatoms. The van der Waals surface area contributed by atoms with Gasteiger partial charge in [0.05, 0.1) is 0 Å². The van der Waals surface area contributed by atoms with E-state index >= 15 is 0 Å². The zero-order valence-electron chi connectivity index (χ0n) is 11.2. The number of likely N-dealkylation sites (N-methyl/N-ethyl adjacent to an activating group) is 1. The van der Waals surface area contributed by atoms with E-state index < -0.39 is 0 Å². The van der Waals surface area contributed by atoms with Crippen molar-refractivity contribution in [3.05, 3.63) is 29.6 Å². The van der Waals surface area contributed by atoms with E-state index in [2.05, 4.69) is 23.8 Å². The van der Waals surface area contributed by atoms with Crippen molar-refractivity contribution < 1.29 is 4.39 Å². The highest BCUT2D eigenvalue weighted by Gasteiger charge is 2.20. The number of nitrogens with two attached hydrogens (primary N) is 1. The van der Waals surface area contributed by atoms with Gasteiger partial charge in [0.15, 0.2) is 0 Å². The van der Waals surface area contributed by atoms with Crippen LogP contribution in [0, 0.1) is 5.82 Å². The fraction of sp³-hybridized carbons (Fsp3) is 0.571. The smallest absolute Gasteiger partial charge is 0.125 e. The monoisotopic (exact) mass is 251 g/mol. The van der Waals surface area contributed by atoms with Crippen LogP contribution in [-0.4, -0.2) is 37.6 Å². The molecule has 0 aromatic heterocycles. The van der Waals surface area contributed by atoms with Gasteiger partial charge in [0.2, 0.25) is 0 Å². The van der Waals surface area contributed by atoms with Crippen LogP contribution in [0.4, 0.5) is 10.1 Å². The van der Waals surface area contributed by atoms with Crippen molar-refractivity contribution in [1.29, 1.82) is 0 Å². The zero-order valence-corrected chi connectivity index (χ0v) is 11.2. The minimum Gasteiger partial charge on any atom is -0.367 e. The van der Waals surface area contributed by atoms with E-state index in [4.69, 9.17) is 5.73 Å². The molecule has 1 heterocycles. The van der Waals surface area contributed by atoms with Crippen LogP contribution in [0.1, 0.15) is 18.9 Å². The molecule has 1 unspecified atom stereocenters. The maximum Gasteiger partial charge on any atom is 0.125 e. The highest BCUT2D eigenvalue weighted by molar-refractivity contribution is 5.50. The van der Waals surface area contributed by atoms with Crippen molar-refractivity contribution in [2.75, 3.05) is 31.6 Å². The molecule has 1 aromatic rings. The molecule has 0 saturated carbocycles. The summed E-state index contributed by atoms with van der Waals surface area (Å²) in [7, 11) is 2.14. The first-order valence-electron chi connectivity index (χ1n) is 6.55. The molecule has 1 aromatic carbocycles. The number of benzene rings is 1. The van der Waals surface area contributed by atoms with Crippen LogP contribution >= 0.6 is 0 Å². The Balaban J connectivity index is 2.26. The Morgan fingerprint density at radius 3 is 2.83 bits per heavy atom. The number of anilines is 1. The topological polar surface area (TPSA) is 32.5 Å². The summed E-state index contributed by atoms with van der Waals surface area (Å²) in [5, 5.41) is 0. The summed E-state index contributed by atoms with van der Waals surface area (Å²) in [5.41, 5.74) is 7.42. The van der Waals surface area contributed by atoms with Crippen LogP contribution in [0.2, 0.25) is 0 Å². The van der Waals surface area contributed by atoms with E-state index in [9.17, 15) is 4.39 Å². The third kappa shape index (κ3) is 3.00. The molecule has 0 bridgehead atoms. The van der Waals surface area contributed by atoms with Gasteiger partial charge in [0, 0.05) is 31.4 Å². The SMILES string of the molecule is CC1CN(C)CCCN1c1cc(F)cc(CN)c1. The van der Waals surface area contributed by atoms with Crippen molar-refractivity contribution in [1.82, 2.24) is 4.90 Å². The minimum atomic E-state index is -0.197. The quantitative estimate of drug-likeness (QED) is 0.870. The molecular formula is C14H22FN3. The van der Waals surface area contributed by atoms with E-state index in [0.29, 0.717) is 12.6 Å². The lowest BCUT2D eigenvalue weighted by molar-refractivity contribution is 0.337. The minimum absolute atomic E-state index is 0.197. The van der Waals surface area contributed by atoms with Crippen molar-refractivity contribution in [3.63, 3.8) is 0 Å². The molecule has 2 N–H and O–H groups in total. The molecule has 0 amide bonds. The van der Waals surface area contributed by atoms with Gasteiger partial charge in [-0.2, -0.15) is 0 Å². The second-order valence-electron chi connectivity index (χ2n) is 5.18. The molecule has 18 heavy (non-hydrogen) atoms. The molecule has 1 atom stereocenters. The van der Waals surface area contributed by atoms with Gasteiger partial charge in [-0.05, 0) is 50.7 Å². The third-order valence-electron chi connectivity index (χ3n) is 3.56. The summed E-state index contributed by atoms with van der Waals surface area (Å²) >= 11 is 0. The average molecular weight is 251 g/mol. The lowest BCUT2D eigenvalue weighted by Gasteiger charge is -2.30. The number of nitrogens with zero attached hydrogens (tertiary/aromatic N) is 2. The van der Waals surface area contributed by atoms with Crippen molar-refractivity contribution in [2.45, 2.75) is 25.9 Å². The highest BCUT2D eigenvalue weighted by atomic mass is 19.1. The van der Waals surface area contributed by atoms with E-state index in [1.807, 2.05) is 6.07 Å². The average Bonchev–Trinajstić information content (AvgIpc) is 2.49. The van der Waals surface area contributed by atoms with E-state index in [0.717, 1.165) is 37.3 Å². The van der Waals surface area contributed by atoms with Gasteiger partial charge in [-0.3, -0.25) is 0 Å². The van der Waals surface area contributed by atoms with Crippen LogP contribution in [0.3, 0.4) is 0 Å². The Morgan fingerprint density at radius 2 is 2.11 bits per heavy atom. The van der Waals surface area contributed by atoms with Crippen LogP contribution in [0.15, 0.2) is 18.2 Å². The van der Waals surface area contributed by atoms with Gasteiger partial charge in [0.1, 0.15) is 5.82 Å². The Hall–Kier alpha value is -1.13. The summed E-state index contributed by atoms with van der Waals surface area (Å²) in [6.07, 6.45) is 1.11. The maximum atomic E-state index is 13.6. The highest BCUT2D eigenvalue weighted by Crippen LogP contribution is 2.23. The molecule has 2 rings (SSSR count). The largest absolute Gasteiger partial charge is 0.367 e. The summed E-state index contributed by atoms with van der Waals surface area (Å²) in [5.74, 6) is -0.197. The van der Waals surface area contributed by atoms with Crippen molar-refractivity contribution in [2.24, 2.45) is 5.73 Å². The summed E-state index contributed by atoms with van der Waals surface area (Å²) < 4.78 is 13.6. The molecule has 0 spiro atoms. The van der Waals surface area contributed by atoms with Crippen LogP contribution in [0.25, 0.3) is 0 Å². The zero-order chi connectivity index (χ0) is 13.1. The Morgan fingerprint density at radius 1 is 1.33 bits per heavy atom. The Bertz CT molecular complexity index is 408. The number of hydrogen-bond acceptors (Lipinski definition) is 3. The summed E-state index contributed by atoms with van der Waals surface area (Å²) in [6, 6.07) is 5.52. The van der Waals surface area contributed by atoms with Crippen LogP contribution < -0.4 is 10.6 Å². The van der Waals surface area contributed by atoms with E-state index in [1.165, 1.54) is 6.07 Å². The van der Waals surface area contributed by atoms with E-state index in [-0.39, 0.29) is 5.82 Å². The fourth-order valence-corrected chi connectivity index (χ4v) is 2.67. The summed E-state index contributed by atoms with van der Waals surface area (Å²) in [4.78, 5) is 4.61. The molecule has 3 nitrogen and oxygen atoms in total. The third-order valence-corrected chi connectivity index (χ3v) is 3.56. The van der Waals surface area contributed by atoms with Gasteiger partial charge >= 0.3 is 0 Å². The molecule has 1 fully saturated rings. The van der Waals surface area contributed by atoms with Gasteiger partial charge in [-0.1, -0.05) is 0 Å². The molecule has 0 aliphatic carbocycles. The first-order valence-corrected chi connectivity index (χ1v) is 6.55. The van der Waals surface area contributed by atoms with Crippen LogP contribution in [-0.2, 0) is 6.54 Å². The second-order valence-corrected chi connectivity index (χ2v) is 5.18.